The second kappa shape index (κ2) is 48.6. The minimum atomic E-state index is 1.35. The van der Waals surface area contributed by atoms with Crippen molar-refractivity contribution in [3.05, 3.63) is 0 Å². The molecule has 0 aliphatic heterocycles. The van der Waals surface area contributed by atoms with Crippen molar-refractivity contribution in [2.24, 2.45) is 0 Å². The lowest BCUT2D eigenvalue weighted by Crippen LogP contribution is -2.50. The minimum Gasteiger partial charge on any atom is -0.324 e. The van der Waals surface area contributed by atoms with Crippen LogP contribution < -0.4 is 0 Å². The van der Waals surface area contributed by atoms with Crippen molar-refractivity contribution >= 4 is 0 Å². The second-order valence-corrected chi connectivity index (χ2v) is 19.4. The standard InChI is InChI=1S/C28H60N.C27H58N/c1-5-9-12-13-14-15-16-17-18-19-20-21-22-23-24-28-29(25-8-4,26-10-6-2)27-11-7-3;1-5-9-12-13-14-15-16-17-18-19-20-21-22-23-27-28(24-8-4,25-10-6-2)26-11-7-3/h5-28H2,1-4H3;5-27H2,1-4H3/q2*+1. The van der Waals surface area contributed by atoms with Gasteiger partial charge in [-0.3, -0.25) is 0 Å². The summed E-state index contributed by atoms with van der Waals surface area (Å²) in [7, 11) is 0. The first-order chi connectivity index (χ1) is 28.0. The summed E-state index contributed by atoms with van der Waals surface area (Å²) in [6.07, 6.45) is 56.4. The van der Waals surface area contributed by atoms with Gasteiger partial charge in [0.25, 0.3) is 0 Å². The summed E-state index contributed by atoms with van der Waals surface area (Å²) in [6, 6.07) is 0. The molecule has 346 valence electrons. The molecule has 0 aromatic rings. The maximum absolute atomic E-state index is 2.39. The van der Waals surface area contributed by atoms with Gasteiger partial charge in [-0.1, -0.05) is 242 Å². The number of quaternary nitrogens is 2. The summed E-state index contributed by atoms with van der Waals surface area (Å²) >= 11 is 0. The first-order valence-corrected chi connectivity index (χ1v) is 27.7. The topological polar surface area (TPSA) is 0 Å². The van der Waals surface area contributed by atoms with Crippen LogP contribution in [0.4, 0.5) is 0 Å². The van der Waals surface area contributed by atoms with Gasteiger partial charge < -0.3 is 8.97 Å². The fraction of sp³-hybridized carbons (Fsp3) is 1.00. The quantitative estimate of drug-likeness (QED) is 0.0424. The molecule has 0 saturated carbocycles. The van der Waals surface area contributed by atoms with Gasteiger partial charge in [-0.2, -0.15) is 0 Å². The third kappa shape index (κ3) is 41.1. The molecule has 0 atom stereocenters. The number of hydrogen-bond donors (Lipinski definition) is 0. The van der Waals surface area contributed by atoms with E-state index in [0.717, 1.165) is 0 Å². The predicted molar refractivity (Wildman–Crippen MR) is 265 cm³/mol. The third-order valence-electron chi connectivity index (χ3n) is 13.6. The highest BCUT2D eigenvalue weighted by atomic mass is 15.4. The Morgan fingerprint density at radius 1 is 0.140 bits per heavy atom. The van der Waals surface area contributed by atoms with Crippen LogP contribution in [0.3, 0.4) is 0 Å². The van der Waals surface area contributed by atoms with E-state index >= 15 is 0 Å². The monoisotopic (exact) mass is 807 g/mol. The molecule has 57 heavy (non-hydrogen) atoms. The first-order valence-electron chi connectivity index (χ1n) is 27.7. The Labute approximate surface area is 365 Å². The van der Waals surface area contributed by atoms with Crippen molar-refractivity contribution in [3.63, 3.8) is 0 Å². The van der Waals surface area contributed by atoms with E-state index in [9.17, 15) is 0 Å². The summed E-state index contributed by atoms with van der Waals surface area (Å²) in [6.45, 7) is 30.3. The van der Waals surface area contributed by atoms with E-state index < -0.39 is 0 Å². The third-order valence-corrected chi connectivity index (χ3v) is 13.6. The van der Waals surface area contributed by atoms with Gasteiger partial charge in [0.15, 0.2) is 0 Å². The van der Waals surface area contributed by atoms with E-state index in [0.29, 0.717) is 0 Å². The zero-order valence-electron chi connectivity index (χ0n) is 42.1. The van der Waals surface area contributed by atoms with Crippen LogP contribution in [0.2, 0.25) is 0 Å². The molecule has 0 spiro atoms. The average Bonchev–Trinajstić information content (AvgIpc) is 3.22. The van der Waals surface area contributed by atoms with Crippen LogP contribution in [-0.2, 0) is 0 Å². The molecule has 0 aromatic carbocycles. The van der Waals surface area contributed by atoms with E-state index in [-0.39, 0.29) is 0 Å². The molecule has 2 nitrogen and oxygen atoms in total. The molecule has 0 radical (unpaired) electrons. The summed E-state index contributed by atoms with van der Waals surface area (Å²) in [5.74, 6) is 0. The highest BCUT2D eigenvalue weighted by Gasteiger charge is 2.25. The number of nitrogens with zero attached hydrogens (tertiary/aromatic N) is 2. The van der Waals surface area contributed by atoms with Gasteiger partial charge in [0, 0.05) is 0 Å². The van der Waals surface area contributed by atoms with Crippen LogP contribution in [0.5, 0.6) is 0 Å². The minimum absolute atomic E-state index is 1.35. The smallest absolute Gasteiger partial charge is 0.0786 e. The molecule has 0 saturated heterocycles. The molecule has 0 N–H and O–H groups in total. The van der Waals surface area contributed by atoms with Gasteiger partial charge in [-0.15, -0.1) is 0 Å². The Morgan fingerprint density at radius 2 is 0.298 bits per heavy atom. The molecule has 0 aliphatic rings. The molecule has 0 bridgehead atoms. The molecule has 0 rings (SSSR count). The van der Waals surface area contributed by atoms with Crippen molar-refractivity contribution in [1.29, 1.82) is 0 Å². The number of unbranched alkanes of at least 4 members (excludes halogenated alkanes) is 31. The molecule has 0 amide bonds. The molecular formula is C55H118N2+2. The normalized spacial score (nSPS) is 12.0. The maximum atomic E-state index is 2.39. The van der Waals surface area contributed by atoms with Crippen LogP contribution in [-0.4, -0.2) is 61.3 Å². The van der Waals surface area contributed by atoms with Gasteiger partial charge in [-0.05, 0) is 64.2 Å². The van der Waals surface area contributed by atoms with Gasteiger partial charge in [-0.25, -0.2) is 0 Å². The molecule has 0 heterocycles. The Kier molecular flexibility index (Phi) is 50.3. The van der Waals surface area contributed by atoms with Crippen molar-refractivity contribution in [2.75, 3.05) is 52.4 Å². The van der Waals surface area contributed by atoms with Crippen molar-refractivity contribution in [2.45, 2.75) is 306 Å². The SMILES string of the molecule is CCCCCCCCCCCCCCCCC[N+](CCC)(CCCC)CCCC.CCCCCCCCCCCCCCCC[N+](CCC)(CCCC)CCCC. The average molecular weight is 808 g/mol. The maximum Gasteiger partial charge on any atom is 0.0786 e. The zero-order chi connectivity index (χ0) is 42.2. The van der Waals surface area contributed by atoms with Crippen LogP contribution in [0.1, 0.15) is 306 Å². The van der Waals surface area contributed by atoms with Gasteiger partial charge in [0.2, 0.25) is 0 Å². The largest absolute Gasteiger partial charge is 0.324 e. The Balaban J connectivity index is 0. The number of rotatable bonds is 47. The lowest BCUT2D eigenvalue weighted by Gasteiger charge is -2.39. The fourth-order valence-electron chi connectivity index (χ4n) is 9.72. The van der Waals surface area contributed by atoms with E-state index in [2.05, 4.69) is 55.4 Å². The molecule has 0 unspecified atom stereocenters. The van der Waals surface area contributed by atoms with Crippen LogP contribution >= 0.6 is 0 Å². The summed E-state index contributed by atoms with van der Waals surface area (Å²) in [5, 5.41) is 0. The van der Waals surface area contributed by atoms with E-state index in [1.807, 2.05) is 0 Å². The molecule has 0 aromatic heterocycles. The first kappa shape index (κ1) is 59.0. The number of hydrogen-bond acceptors (Lipinski definition) is 0. The summed E-state index contributed by atoms with van der Waals surface area (Å²) in [4.78, 5) is 0. The molecule has 0 aliphatic carbocycles. The van der Waals surface area contributed by atoms with Gasteiger partial charge in [0.05, 0.1) is 52.4 Å². The van der Waals surface area contributed by atoms with Crippen molar-refractivity contribution in [3.8, 4) is 0 Å². The van der Waals surface area contributed by atoms with Crippen molar-refractivity contribution in [1.82, 2.24) is 0 Å². The molecular weight excluding hydrogens is 689 g/mol. The van der Waals surface area contributed by atoms with Gasteiger partial charge >= 0.3 is 0 Å². The van der Waals surface area contributed by atoms with Crippen molar-refractivity contribution < 1.29 is 8.97 Å². The Morgan fingerprint density at radius 3 is 0.474 bits per heavy atom. The highest BCUT2D eigenvalue weighted by Crippen LogP contribution is 2.20. The second-order valence-electron chi connectivity index (χ2n) is 19.4. The fourth-order valence-corrected chi connectivity index (χ4v) is 9.72. The van der Waals surface area contributed by atoms with E-state index in [1.54, 1.807) is 0 Å². The highest BCUT2D eigenvalue weighted by molar-refractivity contribution is 4.54. The van der Waals surface area contributed by atoms with E-state index in [1.165, 1.54) is 312 Å². The van der Waals surface area contributed by atoms with Crippen LogP contribution in [0, 0.1) is 0 Å². The van der Waals surface area contributed by atoms with Crippen LogP contribution in [0.15, 0.2) is 0 Å². The predicted octanol–water partition coefficient (Wildman–Crippen LogP) is 19.0. The zero-order valence-corrected chi connectivity index (χ0v) is 42.1. The Bertz CT molecular complexity index is 687. The van der Waals surface area contributed by atoms with E-state index in [4.69, 9.17) is 0 Å². The van der Waals surface area contributed by atoms with Crippen LogP contribution in [0.25, 0.3) is 0 Å². The lowest BCUT2D eigenvalue weighted by molar-refractivity contribution is -0.929. The summed E-state index contributed by atoms with van der Waals surface area (Å²) < 4.78 is 2.85. The molecule has 2 heteroatoms. The summed E-state index contributed by atoms with van der Waals surface area (Å²) in [5.41, 5.74) is 0. The molecule has 0 fully saturated rings. The Hall–Kier alpha value is -0.0800. The van der Waals surface area contributed by atoms with Gasteiger partial charge in [0.1, 0.15) is 0 Å². The lowest BCUT2D eigenvalue weighted by atomic mass is 10.0.